The highest BCUT2D eigenvalue weighted by atomic mass is 16.5. The van der Waals surface area contributed by atoms with E-state index >= 15 is 0 Å². The Labute approximate surface area is 199 Å². The zero-order chi connectivity index (χ0) is 23.9. The maximum Gasteiger partial charge on any atom is 0.309 e. The van der Waals surface area contributed by atoms with E-state index in [0.29, 0.717) is 25.6 Å². The Morgan fingerprint density at radius 2 is 1.12 bits per heavy atom. The molecular formula is C28H54O4. The van der Waals surface area contributed by atoms with Crippen LogP contribution in [0.1, 0.15) is 143 Å². The summed E-state index contributed by atoms with van der Waals surface area (Å²) in [7, 11) is 0. The molecule has 2 unspecified atom stereocenters. The third kappa shape index (κ3) is 17.5. The first kappa shape index (κ1) is 30.9. The number of rotatable bonds is 23. The van der Waals surface area contributed by atoms with E-state index in [9.17, 15) is 9.59 Å². The predicted octanol–water partition coefficient (Wildman–Crippen LogP) is 8.41. The first-order valence-electron chi connectivity index (χ1n) is 13.9. The third-order valence-corrected chi connectivity index (χ3v) is 6.54. The molecule has 0 radical (unpaired) electrons. The monoisotopic (exact) mass is 454 g/mol. The van der Waals surface area contributed by atoms with Gasteiger partial charge in [0, 0.05) is 6.42 Å². The average Bonchev–Trinajstić information content (AvgIpc) is 2.79. The lowest BCUT2D eigenvalue weighted by Crippen LogP contribution is -2.25. The van der Waals surface area contributed by atoms with E-state index < -0.39 is 0 Å². The molecule has 4 heteroatoms. The van der Waals surface area contributed by atoms with Crippen LogP contribution in [0.4, 0.5) is 0 Å². The summed E-state index contributed by atoms with van der Waals surface area (Å²) in [6.07, 6.45) is 19.8. The Morgan fingerprint density at radius 3 is 1.66 bits per heavy atom. The Hall–Kier alpha value is -1.06. The highest BCUT2D eigenvalue weighted by Crippen LogP contribution is 2.27. The zero-order valence-corrected chi connectivity index (χ0v) is 21.9. The highest BCUT2D eigenvalue weighted by Gasteiger charge is 2.26. The molecule has 0 aromatic rings. The van der Waals surface area contributed by atoms with Crippen molar-refractivity contribution in [3.05, 3.63) is 0 Å². The van der Waals surface area contributed by atoms with Crippen molar-refractivity contribution in [2.45, 2.75) is 143 Å². The van der Waals surface area contributed by atoms with Gasteiger partial charge in [-0.15, -0.1) is 0 Å². The van der Waals surface area contributed by atoms with Crippen LogP contribution in [0.15, 0.2) is 0 Å². The van der Waals surface area contributed by atoms with Crippen LogP contribution in [0.2, 0.25) is 0 Å². The van der Waals surface area contributed by atoms with E-state index in [1.165, 1.54) is 38.5 Å². The van der Waals surface area contributed by atoms with Crippen LogP contribution in [0, 0.1) is 11.8 Å². The smallest absolute Gasteiger partial charge is 0.309 e. The summed E-state index contributed by atoms with van der Waals surface area (Å²) in [4.78, 5) is 24.1. The van der Waals surface area contributed by atoms with Crippen molar-refractivity contribution in [2.75, 3.05) is 13.2 Å². The molecule has 0 aliphatic rings. The third-order valence-electron chi connectivity index (χ3n) is 6.54. The molecule has 0 bridgehead atoms. The Balaban J connectivity index is 3.73. The number of ether oxygens (including phenoxy) is 2. The van der Waals surface area contributed by atoms with Gasteiger partial charge in [-0.05, 0) is 38.0 Å². The number of hydrogen-bond acceptors (Lipinski definition) is 4. The van der Waals surface area contributed by atoms with Crippen molar-refractivity contribution < 1.29 is 19.1 Å². The van der Waals surface area contributed by atoms with E-state index in [-0.39, 0.29) is 17.9 Å². The van der Waals surface area contributed by atoms with E-state index in [2.05, 4.69) is 27.7 Å². The molecule has 2 atom stereocenters. The summed E-state index contributed by atoms with van der Waals surface area (Å²) in [6, 6.07) is 0. The fraction of sp³-hybridized carbons (Fsp3) is 0.929. The molecule has 0 aromatic carbocycles. The standard InChI is InChI=1S/C28H54O4/c1-5-9-19-23-31-27(29)22-18-16-14-12-11-13-15-17-21-25(7-3)26(8-4)28(30)32-24-20-10-6-2/h25-26H,5-24H2,1-4H3. The summed E-state index contributed by atoms with van der Waals surface area (Å²) >= 11 is 0. The minimum absolute atomic E-state index is 0.0261. The van der Waals surface area contributed by atoms with E-state index in [1.807, 2.05) is 0 Å². The van der Waals surface area contributed by atoms with Crippen molar-refractivity contribution in [3.63, 3.8) is 0 Å². The SMILES string of the molecule is CCCCCOC(=O)CCCCCCCCCCC(CC)C(CC)C(=O)OCCCCC. The molecule has 0 spiro atoms. The van der Waals surface area contributed by atoms with E-state index in [1.54, 1.807) is 0 Å². The Morgan fingerprint density at radius 1 is 0.594 bits per heavy atom. The van der Waals surface area contributed by atoms with Crippen LogP contribution >= 0.6 is 0 Å². The van der Waals surface area contributed by atoms with Crippen LogP contribution < -0.4 is 0 Å². The normalized spacial score (nSPS) is 13.0. The summed E-state index contributed by atoms with van der Waals surface area (Å²) in [6.45, 7) is 9.81. The first-order chi connectivity index (χ1) is 15.6. The van der Waals surface area contributed by atoms with Gasteiger partial charge in [-0.3, -0.25) is 9.59 Å². The second-order valence-corrected chi connectivity index (χ2v) is 9.35. The van der Waals surface area contributed by atoms with E-state index in [4.69, 9.17) is 9.47 Å². The Kier molecular flexibility index (Phi) is 22.3. The number of carbonyl (C=O) groups is 2. The van der Waals surface area contributed by atoms with Gasteiger partial charge in [0.25, 0.3) is 0 Å². The number of esters is 2. The predicted molar refractivity (Wildman–Crippen MR) is 135 cm³/mol. The van der Waals surface area contributed by atoms with Crippen LogP contribution in [0.3, 0.4) is 0 Å². The van der Waals surface area contributed by atoms with Gasteiger partial charge >= 0.3 is 11.9 Å². The second kappa shape index (κ2) is 23.1. The quantitative estimate of drug-likeness (QED) is 0.115. The average molecular weight is 455 g/mol. The largest absolute Gasteiger partial charge is 0.466 e. The van der Waals surface area contributed by atoms with Gasteiger partial charge in [-0.2, -0.15) is 0 Å². The lowest BCUT2D eigenvalue weighted by Gasteiger charge is -2.23. The van der Waals surface area contributed by atoms with Gasteiger partial charge in [0.2, 0.25) is 0 Å². The van der Waals surface area contributed by atoms with Crippen molar-refractivity contribution in [2.24, 2.45) is 11.8 Å². The van der Waals surface area contributed by atoms with Gasteiger partial charge in [-0.1, -0.05) is 105 Å². The molecule has 0 amide bonds. The fourth-order valence-electron chi connectivity index (χ4n) is 4.36. The van der Waals surface area contributed by atoms with Crippen LogP contribution in [0.25, 0.3) is 0 Å². The summed E-state index contributed by atoms with van der Waals surface area (Å²) in [5.41, 5.74) is 0. The van der Waals surface area contributed by atoms with Gasteiger partial charge < -0.3 is 9.47 Å². The molecule has 0 N–H and O–H groups in total. The molecule has 0 aliphatic heterocycles. The lowest BCUT2D eigenvalue weighted by atomic mass is 9.84. The van der Waals surface area contributed by atoms with E-state index in [0.717, 1.165) is 70.6 Å². The molecule has 190 valence electrons. The van der Waals surface area contributed by atoms with Crippen LogP contribution in [-0.2, 0) is 19.1 Å². The van der Waals surface area contributed by atoms with Crippen molar-refractivity contribution >= 4 is 11.9 Å². The first-order valence-corrected chi connectivity index (χ1v) is 13.9. The fourth-order valence-corrected chi connectivity index (χ4v) is 4.36. The van der Waals surface area contributed by atoms with Gasteiger partial charge in [-0.25, -0.2) is 0 Å². The molecule has 0 aromatic heterocycles. The van der Waals surface area contributed by atoms with Crippen LogP contribution in [-0.4, -0.2) is 25.2 Å². The number of carbonyl (C=O) groups excluding carboxylic acids is 2. The van der Waals surface area contributed by atoms with Crippen molar-refractivity contribution in [3.8, 4) is 0 Å². The summed E-state index contributed by atoms with van der Waals surface area (Å²) in [5.74, 6) is 0.530. The minimum Gasteiger partial charge on any atom is -0.466 e. The minimum atomic E-state index is -0.0261. The van der Waals surface area contributed by atoms with Gasteiger partial charge in [0.15, 0.2) is 0 Å². The van der Waals surface area contributed by atoms with Gasteiger partial charge in [0.1, 0.15) is 0 Å². The zero-order valence-electron chi connectivity index (χ0n) is 21.9. The van der Waals surface area contributed by atoms with Gasteiger partial charge in [0.05, 0.1) is 19.1 Å². The maximum atomic E-state index is 12.5. The Bertz CT molecular complexity index is 435. The molecule has 0 saturated carbocycles. The highest BCUT2D eigenvalue weighted by molar-refractivity contribution is 5.72. The molecule has 0 rings (SSSR count). The van der Waals surface area contributed by atoms with Crippen molar-refractivity contribution in [1.82, 2.24) is 0 Å². The number of unbranched alkanes of at least 4 members (excludes halogenated alkanes) is 11. The summed E-state index contributed by atoms with van der Waals surface area (Å²) < 4.78 is 10.8. The number of hydrogen-bond donors (Lipinski definition) is 0. The molecule has 32 heavy (non-hydrogen) atoms. The molecule has 0 saturated heterocycles. The van der Waals surface area contributed by atoms with Crippen LogP contribution in [0.5, 0.6) is 0 Å². The van der Waals surface area contributed by atoms with Crippen molar-refractivity contribution in [1.29, 1.82) is 0 Å². The summed E-state index contributed by atoms with van der Waals surface area (Å²) in [5, 5.41) is 0. The molecule has 0 fully saturated rings. The molecule has 0 aliphatic carbocycles. The molecular weight excluding hydrogens is 400 g/mol. The lowest BCUT2D eigenvalue weighted by molar-refractivity contribution is -0.151. The maximum absolute atomic E-state index is 12.5. The molecule has 4 nitrogen and oxygen atoms in total. The topological polar surface area (TPSA) is 52.6 Å². The molecule has 0 heterocycles. The second-order valence-electron chi connectivity index (χ2n) is 9.35.